The van der Waals surface area contributed by atoms with Crippen LogP contribution in [-0.4, -0.2) is 20.9 Å². The molecule has 31 heavy (non-hydrogen) atoms. The fraction of sp³-hybridized carbons (Fsp3) is 0.240. The summed E-state index contributed by atoms with van der Waals surface area (Å²) in [5.41, 5.74) is 5.03. The van der Waals surface area contributed by atoms with Crippen LogP contribution < -0.4 is 9.62 Å². The molecule has 4 rings (SSSR count). The zero-order chi connectivity index (χ0) is 22.2. The molecular weight excluding hydrogens is 408 g/mol. The lowest BCUT2D eigenvalue weighted by Gasteiger charge is -2.18. The second-order valence-corrected chi connectivity index (χ2v) is 9.93. The highest BCUT2D eigenvalue weighted by Crippen LogP contribution is 2.32. The summed E-state index contributed by atoms with van der Waals surface area (Å²) in [5.74, 6) is 0.311. The van der Waals surface area contributed by atoms with Crippen LogP contribution in [0.4, 0.5) is 11.4 Å². The van der Waals surface area contributed by atoms with Crippen LogP contribution in [0, 0.1) is 6.92 Å². The molecule has 1 aliphatic heterocycles. The molecule has 1 aliphatic rings. The lowest BCUT2D eigenvalue weighted by Crippen LogP contribution is -2.28. The van der Waals surface area contributed by atoms with Gasteiger partial charge in [0.15, 0.2) is 0 Å². The monoisotopic (exact) mass is 434 g/mol. The zero-order valence-electron chi connectivity index (χ0n) is 17.9. The normalized spacial score (nSPS) is 13.4. The Morgan fingerprint density at radius 2 is 1.65 bits per heavy atom. The van der Waals surface area contributed by atoms with Crippen LogP contribution >= 0.6 is 0 Å². The molecule has 0 bridgehead atoms. The van der Waals surface area contributed by atoms with Crippen LogP contribution in [0.25, 0.3) is 0 Å². The maximum Gasteiger partial charge on any atom is 0.261 e. The number of hydrogen-bond donors (Lipinski definition) is 1. The maximum absolute atomic E-state index is 12.9. The van der Waals surface area contributed by atoms with Gasteiger partial charge in [-0.25, -0.2) is 8.42 Å². The topological polar surface area (TPSA) is 66.5 Å². The van der Waals surface area contributed by atoms with Gasteiger partial charge in [-0.1, -0.05) is 43.7 Å². The summed E-state index contributed by atoms with van der Waals surface area (Å²) in [7, 11) is -3.72. The summed E-state index contributed by atoms with van der Waals surface area (Å²) in [6, 6.07) is 19.9. The smallest absolute Gasteiger partial charge is 0.261 e. The van der Waals surface area contributed by atoms with Gasteiger partial charge in [0.1, 0.15) is 0 Å². The number of hydrogen-bond acceptors (Lipinski definition) is 3. The van der Waals surface area contributed by atoms with E-state index in [-0.39, 0.29) is 10.8 Å². The first kappa shape index (κ1) is 21.1. The molecule has 0 fully saturated rings. The van der Waals surface area contributed by atoms with E-state index in [9.17, 15) is 13.2 Å². The molecule has 1 heterocycles. The van der Waals surface area contributed by atoms with Crippen LogP contribution in [0.15, 0.2) is 71.6 Å². The van der Waals surface area contributed by atoms with Crippen molar-refractivity contribution in [3.05, 3.63) is 89.0 Å². The average molecular weight is 435 g/mol. The Morgan fingerprint density at radius 3 is 2.29 bits per heavy atom. The molecule has 0 saturated heterocycles. The quantitative estimate of drug-likeness (QED) is 0.606. The number of nitrogens with zero attached hydrogens (tertiary/aromatic N) is 1. The van der Waals surface area contributed by atoms with Gasteiger partial charge in [0.25, 0.3) is 15.9 Å². The zero-order valence-corrected chi connectivity index (χ0v) is 18.7. The van der Waals surface area contributed by atoms with Gasteiger partial charge >= 0.3 is 0 Å². The first-order chi connectivity index (χ1) is 14.7. The van der Waals surface area contributed by atoms with Crippen molar-refractivity contribution in [2.75, 3.05) is 16.2 Å². The van der Waals surface area contributed by atoms with E-state index in [0.29, 0.717) is 30.1 Å². The van der Waals surface area contributed by atoms with Crippen LogP contribution in [0.1, 0.15) is 46.8 Å². The molecule has 1 N–H and O–H groups in total. The summed E-state index contributed by atoms with van der Waals surface area (Å²) >= 11 is 0. The highest BCUT2D eigenvalue weighted by atomic mass is 32.2. The number of rotatable bonds is 5. The molecule has 0 atom stereocenters. The number of amides is 1. The van der Waals surface area contributed by atoms with Crippen molar-refractivity contribution in [2.24, 2.45) is 0 Å². The molecule has 3 aromatic rings. The number of fused-ring (bicyclic) bond motifs is 1. The fourth-order valence-electron chi connectivity index (χ4n) is 3.76. The van der Waals surface area contributed by atoms with Crippen LogP contribution in [0.3, 0.4) is 0 Å². The summed E-state index contributed by atoms with van der Waals surface area (Å²) in [6.45, 7) is 6.71. The summed E-state index contributed by atoms with van der Waals surface area (Å²) in [5, 5.41) is 0. The Kier molecular flexibility index (Phi) is 5.58. The van der Waals surface area contributed by atoms with Gasteiger partial charge in [0.2, 0.25) is 0 Å². The highest BCUT2D eigenvalue weighted by molar-refractivity contribution is 7.92. The molecule has 3 aromatic carbocycles. The van der Waals surface area contributed by atoms with Gasteiger partial charge < -0.3 is 4.90 Å². The number of anilines is 2. The van der Waals surface area contributed by atoms with E-state index in [4.69, 9.17) is 0 Å². The number of carbonyl (C=O) groups is 1. The van der Waals surface area contributed by atoms with Crippen LogP contribution in [-0.2, 0) is 16.4 Å². The van der Waals surface area contributed by atoms with Gasteiger partial charge in [-0.2, -0.15) is 0 Å². The standard InChI is InChI=1S/C25H26N2O3S/c1-17(2)19-8-10-22(11-9-19)26-31(29,30)23-12-13-24-21(16-23)14-15-27(24)25(28)20-6-4-18(3)5-7-20/h4-13,16-17,26H,14-15H2,1-3H3. The molecule has 1 amide bonds. The van der Waals surface area contributed by atoms with Crippen molar-refractivity contribution < 1.29 is 13.2 Å². The average Bonchev–Trinajstić information content (AvgIpc) is 3.17. The molecule has 0 aromatic heterocycles. The lowest BCUT2D eigenvalue weighted by atomic mass is 10.0. The van der Waals surface area contributed by atoms with Gasteiger partial charge in [0.05, 0.1) is 4.90 Å². The molecule has 160 valence electrons. The van der Waals surface area contributed by atoms with E-state index in [2.05, 4.69) is 18.6 Å². The molecule has 0 saturated carbocycles. The molecular formula is C25H26N2O3S. The predicted molar refractivity (Wildman–Crippen MR) is 124 cm³/mol. The van der Waals surface area contributed by atoms with E-state index in [1.165, 1.54) is 0 Å². The van der Waals surface area contributed by atoms with Crippen molar-refractivity contribution in [3.8, 4) is 0 Å². The van der Waals surface area contributed by atoms with Gasteiger partial charge in [-0.05, 0) is 72.9 Å². The predicted octanol–water partition coefficient (Wildman–Crippen LogP) is 5.12. The summed E-state index contributed by atoms with van der Waals surface area (Å²) < 4.78 is 28.4. The van der Waals surface area contributed by atoms with Crippen molar-refractivity contribution in [3.63, 3.8) is 0 Å². The van der Waals surface area contributed by atoms with E-state index in [1.54, 1.807) is 35.2 Å². The first-order valence-corrected chi connectivity index (χ1v) is 11.9. The van der Waals surface area contributed by atoms with E-state index in [1.807, 2.05) is 43.3 Å². The van der Waals surface area contributed by atoms with Crippen molar-refractivity contribution in [1.29, 1.82) is 0 Å². The third kappa shape index (κ3) is 4.35. The highest BCUT2D eigenvalue weighted by Gasteiger charge is 2.27. The molecule has 0 spiro atoms. The first-order valence-electron chi connectivity index (χ1n) is 10.4. The SMILES string of the molecule is Cc1ccc(C(=O)N2CCc3cc(S(=O)(=O)Nc4ccc(C(C)C)cc4)ccc32)cc1. The van der Waals surface area contributed by atoms with E-state index in [0.717, 1.165) is 22.4 Å². The lowest BCUT2D eigenvalue weighted by molar-refractivity contribution is 0.0989. The third-order valence-corrected chi connectivity index (χ3v) is 7.01. The molecule has 0 aliphatic carbocycles. The molecule has 5 nitrogen and oxygen atoms in total. The van der Waals surface area contributed by atoms with Gasteiger partial charge in [0, 0.05) is 23.5 Å². The summed E-state index contributed by atoms with van der Waals surface area (Å²) in [4.78, 5) is 14.8. The minimum atomic E-state index is -3.72. The number of benzene rings is 3. The largest absolute Gasteiger partial charge is 0.308 e. The van der Waals surface area contributed by atoms with Crippen LogP contribution in [0.2, 0.25) is 0 Å². The minimum absolute atomic E-state index is 0.0716. The number of carbonyl (C=O) groups excluding carboxylic acids is 1. The van der Waals surface area contributed by atoms with Gasteiger partial charge in [-0.3, -0.25) is 9.52 Å². The second kappa shape index (κ2) is 8.19. The molecule has 0 radical (unpaired) electrons. The Morgan fingerprint density at radius 1 is 0.968 bits per heavy atom. The number of aryl methyl sites for hydroxylation is 1. The van der Waals surface area contributed by atoms with Crippen molar-refractivity contribution >= 4 is 27.3 Å². The van der Waals surface area contributed by atoms with Crippen molar-refractivity contribution in [2.45, 2.75) is 38.0 Å². The van der Waals surface area contributed by atoms with Crippen molar-refractivity contribution in [1.82, 2.24) is 0 Å². The van der Waals surface area contributed by atoms with E-state index < -0.39 is 10.0 Å². The van der Waals surface area contributed by atoms with Gasteiger partial charge in [-0.15, -0.1) is 0 Å². The number of sulfonamides is 1. The van der Waals surface area contributed by atoms with Crippen LogP contribution in [0.5, 0.6) is 0 Å². The maximum atomic E-state index is 12.9. The Bertz CT molecular complexity index is 1210. The third-order valence-electron chi connectivity index (χ3n) is 5.63. The Balaban J connectivity index is 1.55. The van der Waals surface area contributed by atoms with E-state index >= 15 is 0 Å². The Labute approximate surface area is 183 Å². The Hall–Kier alpha value is -3.12. The minimum Gasteiger partial charge on any atom is -0.308 e. The second-order valence-electron chi connectivity index (χ2n) is 8.25. The fourth-order valence-corrected chi connectivity index (χ4v) is 4.87. The summed E-state index contributed by atoms with van der Waals surface area (Å²) in [6.07, 6.45) is 0.624. The molecule has 6 heteroatoms. The number of nitrogens with one attached hydrogen (secondary N) is 1. The molecule has 0 unspecified atom stereocenters.